The second-order valence-corrected chi connectivity index (χ2v) is 9.26. The molecule has 0 saturated heterocycles. The molecule has 0 fully saturated rings. The van der Waals surface area contributed by atoms with E-state index in [1.54, 1.807) is 12.1 Å². The molecular formula is C32H40O9. The van der Waals surface area contributed by atoms with Gasteiger partial charge in [0, 0.05) is 0 Å². The molecule has 0 aliphatic rings. The molecule has 0 amide bonds. The average Bonchev–Trinajstić information content (AvgIpc) is 2.96. The van der Waals surface area contributed by atoms with Crippen LogP contribution in [0.3, 0.4) is 0 Å². The highest BCUT2D eigenvalue weighted by Gasteiger charge is 2.08. The van der Waals surface area contributed by atoms with E-state index in [-0.39, 0.29) is 35.2 Å². The van der Waals surface area contributed by atoms with Crippen molar-refractivity contribution in [3.63, 3.8) is 0 Å². The molecule has 0 heterocycles. The molecule has 0 atom stereocenters. The predicted octanol–water partition coefficient (Wildman–Crippen LogP) is 6.51. The molecular weight excluding hydrogens is 528 g/mol. The van der Waals surface area contributed by atoms with E-state index in [4.69, 9.17) is 29.5 Å². The van der Waals surface area contributed by atoms with E-state index >= 15 is 0 Å². The molecule has 0 aliphatic carbocycles. The van der Waals surface area contributed by atoms with Gasteiger partial charge in [-0.2, -0.15) is 0 Å². The van der Waals surface area contributed by atoms with Crippen LogP contribution in [0.25, 0.3) is 0 Å². The molecule has 9 heteroatoms. The zero-order valence-corrected chi connectivity index (χ0v) is 24.0. The number of phenolic OH excluding ortho intramolecular Hbond substituents is 3. The van der Waals surface area contributed by atoms with Gasteiger partial charge in [0.2, 0.25) is 0 Å². The Labute approximate surface area is 241 Å². The summed E-state index contributed by atoms with van der Waals surface area (Å²) in [4.78, 5) is 33.9. The second kappa shape index (κ2) is 19.5. The van der Waals surface area contributed by atoms with Crippen molar-refractivity contribution in [2.45, 2.75) is 47.0 Å². The number of phenols is 3. The summed E-state index contributed by atoms with van der Waals surface area (Å²) in [5.41, 5.74) is 1.40. The van der Waals surface area contributed by atoms with E-state index in [9.17, 15) is 14.4 Å². The number of aromatic hydroxyl groups is 3. The smallest absolute Gasteiger partial charge is 0.338 e. The van der Waals surface area contributed by atoms with Crippen LogP contribution >= 0.6 is 0 Å². The summed E-state index contributed by atoms with van der Waals surface area (Å²) in [7, 11) is 0. The lowest BCUT2D eigenvalue weighted by Crippen LogP contribution is -2.09. The number of carbonyl (C=O) groups is 3. The first-order valence-corrected chi connectivity index (χ1v) is 13.5. The number of ether oxygens (including phenoxy) is 3. The number of esters is 3. The maximum Gasteiger partial charge on any atom is 0.338 e. The molecule has 9 nitrogen and oxygen atoms in total. The molecule has 0 aromatic heterocycles. The highest BCUT2D eigenvalue weighted by atomic mass is 16.5. The minimum atomic E-state index is -0.348. The van der Waals surface area contributed by atoms with Gasteiger partial charge in [0.05, 0.1) is 36.5 Å². The topological polar surface area (TPSA) is 140 Å². The third-order valence-corrected chi connectivity index (χ3v) is 5.03. The SMILES string of the molecule is CC(C)COC(=O)c1ccc(O)cc1.CCCCOC(=O)c1ccc(O)cc1.CCCOC(=O)c1ccc(O)cc1. The largest absolute Gasteiger partial charge is 0.508 e. The van der Waals surface area contributed by atoms with Crippen molar-refractivity contribution in [1.29, 1.82) is 0 Å². The normalized spacial score (nSPS) is 9.88. The Morgan fingerprint density at radius 1 is 0.561 bits per heavy atom. The lowest BCUT2D eigenvalue weighted by molar-refractivity contribution is 0.0456. The van der Waals surface area contributed by atoms with Crippen LogP contribution in [0.2, 0.25) is 0 Å². The third kappa shape index (κ3) is 15.0. The summed E-state index contributed by atoms with van der Waals surface area (Å²) in [6.07, 6.45) is 2.69. The summed E-state index contributed by atoms with van der Waals surface area (Å²) in [6.45, 7) is 9.22. The molecule has 0 bridgehead atoms. The third-order valence-electron chi connectivity index (χ3n) is 5.03. The first-order chi connectivity index (χ1) is 19.6. The number of rotatable bonds is 10. The van der Waals surface area contributed by atoms with Crippen LogP contribution < -0.4 is 0 Å². The number of carbonyl (C=O) groups excluding carboxylic acids is 3. The van der Waals surface area contributed by atoms with E-state index in [2.05, 4.69) is 0 Å². The molecule has 41 heavy (non-hydrogen) atoms. The van der Waals surface area contributed by atoms with Gasteiger partial charge in [-0.1, -0.05) is 34.1 Å². The summed E-state index contributed by atoms with van der Waals surface area (Å²) < 4.78 is 14.9. The zero-order valence-electron chi connectivity index (χ0n) is 24.0. The highest BCUT2D eigenvalue weighted by molar-refractivity contribution is 5.90. The summed E-state index contributed by atoms with van der Waals surface area (Å²) in [5, 5.41) is 27.0. The quantitative estimate of drug-likeness (QED) is 0.142. The molecule has 3 aromatic rings. The standard InChI is InChI=1S/2C11H14O3.C10H12O3/c1-8(2)7-14-11(13)9-3-5-10(12)6-4-9;1-2-3-8-14-11(13)9-4-6-10(12)7-5-9;1-2-7-13-10(12)8-3-5-9(11)6-4-8/h3-6,8,12H,7H2,1-2H3;4-7,12H,2-3,8H2,1H3;3-6,11H,2,7H2,1H3. The van der Waals surface area contributed by atoms with Crippen molar-refractivity contribution in [3.8, 4) is 17.2 Å². The molecule has 3 rings (SSSR count). The molecule has 3 aromatic carbocycles. The van der Waals surface area contributed by atoms with Crippen LogP contribution in [-0.4, -0.2) is 53.0 Å². The molecule has 0 spiro atoms. The molecule has 0 saturated carbocycles. The summed E-state index contributed by atoms with van der Waals surface area (Å²) >= 11 is 0. The second-order valence-electron chi connectivity index (χ2n) is 9.26. The van der Waals surface area contributed by atoms with Crippen molar-refractivity contribution in [2.75, 3.05) is 19.8 Å². The highest BCUT2D eigenvalue weighted by Crippen LogP contribution is 2.12. The van der Waals surface area contributed by atoms with Crippen LogP contribution in [0.5, 0.6) is 17.2 Å². The van der Waals surface area contributed by atoms with Gasteiger partial charge in [-0.05, 0) is 91.6 Å². The predicted molar refractivity (Wildman–Crippen MR) is 155 cm³/mol. The lowest BCUT2D eigenvalue weighted by Gasteiger charge is -2.06. The van der Waals surface area contributed by atoms with Gasteiger partial charge in [-0.15, -0.1) is 0 Å². The Hall–Kier alpha value is -4.53. The van der Waals surface area contributed by atoms with Crippen LogP contribution in [0, 0.1) is 5.92 Å². The summed E-state index contributed by atoms with van der Waals surface area (Å²) in [6, 6.07) is 18.0. The molecule has 3 N–H and O–H groups in total. The van der Waals surface area contributed by atoms with Gasteiger partial charge in [-0.3, -0.25) is 0 Å². The van der Waals surface area contributed by atoms with Crippen LogP contribution in [0.15, 0.2) is 72.8 Å². The van der Waals surface area contributed by atoms with E-state index in [1.807, 2.05) is 27.7 Å². The van der Waals surface area contributed by atoms with E-state index in [0.29, 0.717) is 42.4 Å². The number of benzene rings is 3. The Kier molecular flexibility index (Phi) is 16.4. The summed E-state index contributed by atoms with van der Waals surface area (Å²) in [5.74, 6) is -0.261. The number of unbranched alkanes of at least 4 members (excludes halogenated alkanes) is 1. The number of hydrogen-bond donors (Lipinski definition) is 3. The minimum Gasteiger partial charge on any atom is -0.508 e. The fourth-order valence-corrected chi connectivity index (χ4v) is 2.79. The van der Waals surface area contributed by atoms with E-state index < -0.39 is 0 Å². The maximum atomic E-state index is 11.4. The van der Waals surface area contributed by atoms with Crippen LogP contribution in [-0.2, 0) is 14.2 Å². The molecule has 0 aliphatic heterocycles. The number of hydrogen-bond acceptors (Lipinski definition) is 9. The van der Waals surface area contributed by atoms with Crippen molar-refractivity contribution >= 4 is 17.9 Å². The van der Waals surface area contributed by atoms with Gasteiger partial charge < -0.3 is 29.5 Å². The Bertz CT molecular complexity index is 1170. The Morgan fingerprint density at radius 2 is 0.902 bits per heavy atom. The van der Waals surface area contributed by atoms with Gasteiger partial charge in [0.15, 0.2) is 0 Å². The molecule has 0 radical (unpaired) electrons. The van der Waals surface area contributed by atoms with Crippen LogP contribution in [0.1, 0.15) is 78.0 Å². The van der Waals surface area contributed by atoms with Crippen LogP contribution in [0.4, 0.5) is 0 Å². The Balaban J connectivity index is 0.000000308. The zero-order chi connectivity index (χ0) is 30.6. The molecule has 222 valence electrons. The first kappa shape index (κ1) is 34.5. The van der Waals surface area contributed by atoms with Gasteiger partial charge in [0.25, 0.3) is 0 Å². The van der Waals surface area contributed by atoms with Gasteiger partial charge in [-0.25, -0.2) is 14.4 Å². The van der Waals surface area contributed by atoms with Crippen molar-refractivity contribution in [3.05, 3.63) is 89.5 Å². The van der Waals surface area contributed by atoms with E-state index in [0.717, 1.165) is 19.3 Å². The average molecular weight is 569 g/mol. The van der Waals surface area contributed by atoms with E-state index in [1.165, 1.54) is 60.7 Å². The minimum absolute atomic E-state index is 0.144. The van der Waals surface area contributed by atoms with Gasteiger partial charge in [0.1, 0.15) is 17.2 Å². The first-order valence-electron chi connectivity index (χ1n) is 13.5. The van der Waals surface area contributed by atoms with Crippen molar-refractivity contribution in [1.82, 2.24) is 0 Å². The fraction of sp³-hybridized carbons (Fsp3) is 0.344. The Morgan fingerprint density at radius 3 is 1.22 bits per heavy atom. The van der Waals surface area contributed by atoms with Gasteiger partial charge >= 0.3 is 17.9 Å². The maximum absolute atomic E-state index is 11.4. The monoisotopic (exact) mass is 568 g/mol. The fourth-order valence-electron chi connectivity index (χ4n) is 2.79. The van der Waals surface area contributed by atoms with Crippen molar-refractivity contribution in [2.24, 2.45) is 5.92 Å². The van der Waals surface area contributed by atoms with Crippen molar-refractivity contribution < 1.29 is 43.9 Å². The molecule has 0 unspecified atom stereocenters. The lowest BCUT2D eigenvalue weighted by atomic mass is 10.2.